The lowest BCUT2D eigenvalue weighted by Gasteiger charge is -2.33. The molecule has 0 spiro atoms. The van der Waals surface area contributed by atoms with E-state index >= 15 is 0 Å². The number of anilines is 3. The predicted octanol–water partition coefficient (Wildman–Crippen LogP) is 3.20. The summed E-state index contributed by atoms with van der Waals surface area (Å²) >= 11 is 0. The summed E-state index contributed by atoms with van der Waals surface area (Å²) in [6.07, 6.45) is 6.91. The molecule has 0 amide bonds. The number of hydrogen-bond acceptors (Lipinski definition) is 8. The van der Waals surface area contributed by atoms with E-state index < -0.39 is 0 Å². The van der Waals surface area contributed by atoms with Crippen molar-refractivity contribution in [3.05, 3.63) is 42.7 Å². The predicted molar refractivity (Wildman–Crippen MR) is 126 cm³/mol. The molecule has 1 aliphatic heterocycles. The molecule has 2 aromatic heterocycles. The van der Waals surface area contributed by atoms with E-state index in [4.69, 9.17) is 9.72 Å². The van der Waals surface area contributed by atoms with Gasteiger partial charge >= 0.3 is 0 Å². The van der Waals surface area contributed by atoms with Gasteiger partial charge in [0.25, 0.3) is 0 Å². The van der Waals surface area contributed by atoms with Gasteiger partial charge in [0, 0.05) is 37.8 Å². The highest BCUT2D eigenvalue weighted by Crippen LogP contribution is 2.29. The highest BCUT2D eigenvalue weighted by Gasteiger charge is 2.21. The molecule has 5 rings (SSSR count). The normalized spacial score (nSPS) is 22.1. The smallest absolute Gasteiger partial charge is 0.229 e. The van der Waals surface area contributed by atoms with Gasteiger partial charge in [0.1, 0.15) is 17.1 Å². The van der Waals surface area contributed by atoms with Crippen LogP contribution >= 0.6 is 0 Å². The fourth-order valence-corrected chi connectivity index (χ4v) is 4.35. The van der Waals surface area contributed by atoms with Crippen LogP contribution in [0.1, 0.15) is 25.7 Å². The Morgan fingerprint density at radius 3 is 2.53 bits per heavy atom. The molecule has 32 heavy (non-hydrogen) atoms. The molecule has 1 aliphatic carbocycles. The van der Waals surface area contributed by atoms with Gasteiger partial charge in [-0.15, -0.1) is 0 Å². The average molecular weight is 435 g/mol. The highest BCUT2D eigenvalue weighted by molar-refractivity contribution is 5.84. The number of benzene rings is 1. The second-order valence-electron chi connectivity index (χ2n) is 8.75. The lowest BCUT2D eigenvalue weighted by Crippen LogP contribution is -2.44. The van der Waals surface area contributed by atoms with Gasteiger partial charge in [-0.25, -0.2) is 15.0 Å². The number of aromatic nitrogens is 3. The largest absolute Gasteiger partial charge is 0.488 e. The maximum Gasteiger partial charge on any atom is 0.229 e. The number of pyridine rings is 1. The lowest BCUT2D eigenvalue weighted by molar-refractivity contribution is 0.0672. The molecule has 3 aromatic rings. The fourth-order valence-electron chi connectivity index (χ4n) is 4.35. The summed E-state index contributed by atoms with van der Waals surface area (Å²) in [7, 11) is 2.15. The zero-order chi connectivity index (χ0) is 21.9. The highest BCUT2D eigenvalue weighted by atomic mass is 16.5. The summed E-state index contributed by atoms with van der Waals surface area (Å²) in [5, 5.41) is 13.9. The molecule has 1 aromatic carbocycles. The number of aliphatic hydroxyl groups excluding tert-OH is 1. The second-order valence-corrected chi connectivity index (χ2v) is 8.75. The van der Waals surface area contributed by atoms with Crippen molar-refractivity contribution in [1.29, 1.82) is 0 Å². The third kappa shape index (κ3) is 4.76. The van der Waals surface area contributed by atoms with Crippen LogP contribution in [0.25, 0.3) is 10.9 Å². The third-order valence-corrected chi connectivity index (χ3v) is 6.37. The van der Waals surface area contributed by atoms with Crippen molar-refractivity contribution in [2.75, 3.05) is 43.4 Å². The Morgan fingerprint density at radius 2 is 1.78 bits per heavy atom. The van der Waals surface area contributed by atoms with Crippen molar-refractivity contribution >= 4 is 28.4 Å². The van der Waals surface area contributed by atoms with E-state index in [0.717, 1.165) is 74.2 Å². The molecule has 8 nitrogen and oxygen atoms in total. The summed E-state index contributed by atoms with van der Waals surface area (Å²) in [5.41, 5.74) is 1.92. The molecule has 8 heteroatoms. The van der Waals surface area contributed by atoms with Gasteiger partial charge in [0.2, 0.25) is 5.95 Å². The number of nitrogens with one attached hydrogen (secondary N) is 1. The number of aliphatic hydroxyl groups is 1. The van der Waals surface area contributed by atoms with Crippen molar-refractivity contribution in [3.8, 4) is 5.75 Å². The molecule has 0 radical (unpaired) electrons. The molecule has 1 saturated heterocycles. The monoisotopic (exact) mass is 434 g/mol. The number of ether oxygens (including phenoxy) is 1. The summed E-state index contributed by atoms with van der Waals surface area (Å²) in [4.78, 5) is 18.4. The maximum absolute atomic E-state index is 9.75. The van der Waals surface area contributed by atoms with E-state index in [9.17, 15) is 5.11 Å². The molecule has 0 unspecified atom stereocenters. The molecular weight excluding hydrogens is 404 g/mol. The first kappa shape index (κ1) is 20.9. The van der Waals surface area contributed by atoms with Crippen LogP contribution in [0.5, 0.6) is 5.75 Å². The third-order valence-electron chi connectivity index (χ3n) is 6.37. The summed E-state index contributed by atoms with van der Waals surface area (Å²) in [6.45, 7) is 4.16. The summed E-state index contributed by atoms with van der Waals surface area (Å²) < 4.78 is 6.26. The average Bonchev–Trinajstić information content (AvgIpc) is 2.82. The van der Waals surface area contributed by atoms with Crippen LogP contribution in [-0.4, -0.2) is 70.4 Å². The Morgan fingerprint density at radius 1 is 0.969 bits per heavy atom. The van der Waals surface area contributed by atoms with Crippen LogP contribution in [0.15, 0.2) is 42.7 Å². The molecule has 0 atom stereocenters. The topological polar surface area (TPSA) is 86.6 Å². The van der Waals surface area contributed by atoms with Crippen LogP contribution in [0.3, 0.4) is 0 Å². The molecular formula is C24H30N6O2. The van der Waals surface area contributed by atoms with Gasteiger partial charge in [-0.2, -0.15) is 0 Å². The molecule has 2 aliphatic rings. The molecule has 1 saturated carbocycles. The van der Waals surface area contributed by atoms with E-state index in [-0.39, 0.29) is 12.2 Å². The molecule has 3 heterocycles. The minimum Gasteiger partial charge on any atom is -0.488 e. The van der Waals surface area contributed by atoms with E-state index in [1.165, 1.54) is 0 Å². The Labute approximate surface area is 188 Å². The van der Waals surface area contributed by atoms with Crippen LogP contribution in [-0.2, 0) is 0 Å². The van der Waals surface area contributed by atoms with Crippen molar-refractivity contribution in [2.24, 2.45) is 0 Å². The SMILES string of the molecule is CN1CCN(c2ccc(Nc3ncc4cccc(OC5CCC(O)CC5)c4n3)nc2)CC1. The number of para-hydroxylation sites is 1. The van der Waals surface area contributed by atoms with Gasteiger partial charge in [-0.3, -0.25) is 0 Å². The first-order valence-electron chi connectivity index (χ1n) is 11.4. The lowest BCUT2D eigenvalue weighted by atomic mass is 9.95. The number of piperazine rings is 1. The molecule has 2 N–H and O–H groups in total. The van der Waals surface area contributed by atoms with E-state index in [0.29, 0.717) is 11.8 Å². The standard InChI is InChI=1S/C24H30N6O2/c1-29-11-13-30(14-12-29)18-5-10-22(25-16-18)27-24-26-15-17-3-2-4-21(23(17)28-24)32-20-8-6-19(31)7-9-20/h2-5,10,15-16,19-20,31H,6-9,11-14H2,1H3,(H,25,26,27,28). The van der Waals surface area contributed by atoms with Crippen LogP contribution in [0.4, 0.5) is 17.5 Å². The summed E-state index contributed by atoms with van der Waals surface area (Å²) in [5.74, 6) is 1.96. The molecule has 2 fully saturated rings. The van der Waals surface area contributed by atoms with E-state index in [1.807, 2.05) is 30.5 Å². The number of likely N-dealkylation sites (N-methyl/N-ethyl adjacent to an activating group) is 1. The van der Waals surface area contributed by atoms with Crippen LogP contribution in [0.2, 0.25) is 0 Å². The Kier molecular flexibility index (Phi) is 6.05. The van der Waals surface area contributed by atoms with Gasteiger partial charge < -0.3 is 25.0 Å². The van der Waals surface area contributed by atoms with Crippen LogP contribution < -0.4 is 15.0 Å². The van der Waals surface area contributed by atoms with Crippen molar-refractivity contribution in [3.63, 3.8) is 0 Å². The Hall–Kier alpha value is -2.97. The Balaban J connectivity index is 1.30. The number of hydrogen-bond donors (Lipinski definition) is 2. The zero-order valence-corrected chi connectivity index (χ0v) is 18.4. The quantitative estimate of drug-likeness (QED) is 0.633. The minimum atomic E-state index is -0.198. The molecule has 168 valence electrons. The minimum absolute atomic E-state index is 0.110. The number of nitrogens with zero attached hydrogens (tertiary/aromatic N) is 5. The van der Waals surface area contributed by atoms with Gasteiger partial charge in [0.15, 0.2) is 0 Å². The first-order chi connectivity index (χ1) is 15.6. The van der Waals surface area contributed by atoms with Crippen LogP contribution in [0, 0.1) is 0 Å². The van der Waals surface area contributed by atoms with Crippen molar-refractivity contribution in [1.82, 2.24) is 19.9 Å². The van der Waals surface area contributed by atoms with Gasteiger partial charge in [0.05, 0.1) is 24.1 Å². The maximum atomic E-state index is 9.75. The van der Waals surface area contributed by atoms with E-state index in [2.05, 4.69) is 38.2 Å². The van der Waals surface area contributed by atoms with Gasteiger partial charge in [-0.05, 0) is 50.9 Å². The van der Waals surface area contributed by atoms with E-state index in [1.54, 1.807) is 6.20 Å². The molecule has 0 bridgehead atoms. The van der Waals surface area contributed by atoms with Gasteiger partial charge in [-0.1, -0.05) is 12.1 Å². The zero-order valence-electron chi connectivity index (χ0n) is 18.4. The van der Waals surface area contributed by atoms with Crippen molar-refractivity contribution < 1.29 is 9.84 Å². The number of fused-ring (bicyclic) bond motifs is 1. The summed E-state index contributed by atoms with van der Waals surface area (Å²) in [6, 6.07) is 9.96. The number of rotatable bonds is 5. The second kappa shape index (κ2) is 9.26. The van der Waals surface area contributed by atoms with Crippen molar-refractivity contribution in [2.45, 2.75) is 37.9 Å². The Bertz CT molecular complexity index is 1040. The fraction of sp³-hybridized carbons (Fsp3) is 0.458. The first-order valence-corrected chi connectivity index (χ1v) is 11.4.